The van der Waals surface area contributed by atoms with Gasteiger partial charge in [-0.3, -0.25) is 19.6 Å². The quantitative estimate of drug-likeness (QED) is 0.361. The van der Waals surface area contributed by atoms with Gasteiger partial charge in [-0.25, -0.2) is 0 Å². The number of carbonyl (C=O) groups is 1. The molecule has 0 fully saturated rings. The molecule has 0 unspecified atom stereocenters. The summed E-state index contributed by atoms with van der Waals surface area (Å²) in [5.41, 5.74) is 1.17. The molecule has 0 aliphatic carbocycles. The standard InChI is InChI=1S/C13H12N4O5/c18-12(19)4-5-16-8-10(7-14-20)13(15-16)9-2-1-3-11(6-9)17(21)22/h1-3,6-8,20H,4-5H2,(H,18,19)/b14-7+. The fraction of sp³-hybridized carbons (Fsp3) is 0.154. The molecule has 2 rings (SSSR count). The van der Waals surface area contributed by atoms with Crippen molar-refractivity contribution >= 4 is 17.9 Å². The summed E-state index contributed by atoms with van der Waals surface area (Å²) in [4.78, 5) is 20.9. The van der Waals surface area contributed by atoms with Gasteiger partial charge < -0.3 is 10.3 Å². The van der Waals surface area contributed by atoms with Crippen LogP contribution in [0.25, 0.3) is 11.3 Å². The number of aryl methyl sites for hydroxylation is 1. The van der Waals surface area contributed by atoms with Crippen molar-refractivity contribution in [1.29, 1.82) is 0 Å². The van der Waals surface area contributed by atoms with Crippen molar-refractivity contribution in [3.8, 4) is 11.3 Å². The molecule has 0 aliphatic heterocycles. The van der Waals surface area contributed by atoms with E-state index in [-0.39, 0.29) is 18.7 Å². The number of nitro groups is 1. The highest BCUT2D eigenvalue weighted by atomic mass is 16.6. The first-order valence-electron chi connectivity index (χ1n) is 6.22. The van der Waals surface area contributed by atoms with Crippen LogP contribution in [0.5, 0.6) is 0 Å². The number of non-ortho nitro benzene ring substituents is 1. The Morgan fingerprint density at radius 1 is 1.50 bits per heavy atom. The Hall–Kier alpha value is -3.23. The maximum absolute atomic E-state index is 10.8. The van der Waals surface area contributed by atoms with Gasteiger partial charge in [-0.2, -0.15) is 5.10 Å². The van der Waals surface area contributed by atoms with Crippen LogP contribution in [0.4, 0.5) is 5.69 Å². The largest absolute Gasteiger partial charge is 0.481 e. The minimum absolute atomic E-state index is 0.0931. The van der Waals surface area contributed by atoms with E-state index in [0.29, 0.717) is 16.8 Å². The fourth-order valence-corrected chi connectivity index (χ4v) is 1.91. The maximum Gasteiger partial charge on any atom is 0.305 e. The molecule has 0 bridgehead atoms. The molecule has 0 aliphatic rings. The van der Waals surface area contributed by atoms with Crippen molar-refractivity contribution < 1.29 is 20.0 Å². The zero-order valence-corrected chi connectivity index (χ0v) is 11.3. The predicted molar refractivity (Wildman–Crippen MR) is 76.0 cm³/mol. The van der Waals surface area contributed by atoms with Crippen LogP contribution in [0.3, 0.4) is 0 Å². The van der Waals surface area contributed by atoms with Gasteiger partial charge in [0.15, 0.2) is 0 Å². The van der Waals surface area contributed by atoms with Gasteiger partial charge in [-0.1, -0.05) is 17.3 Å². The summed E-state index contributed by atoms with van der Waals surface area (Å²) in [6, 6.07) is 5.85. The fourth-order valence-electron chi connectivity index (χ4n) is 1.91. The van der Waals surface area contributed by atoms with Crippen LogP contribution in [0.15, 0.2) is 35.6 Å². The molecule has 0 spiro atoms. The number of aromatic nitrogens is 2. The van der Waals surface area contributed by atoms with E-state index in [1.54, 1.807) is 6.07 Å². The van der Waals surface area contributed by atoms with Gasteiger partial charge >= 0.3 is 5.97 Å². The van der Waals surface area contributed by atoms with Gasteiger partial charge in [0.2, 0.25) is 0 Å². The van der Waals surface area contributed by atoms with Crippen molar-refractivity contribution in [2.45, 2.75) is 13.0 Å². The lowest BCUT2D eigenvalue weighted by atomic mass is 10.1. The second kappa shape index (κ2) is 6.48. The Labute approximate surface area is 124 Å². The summed E-state index contributed by atoms with van der Waals surface area (Å²) < 4.78 is 1.39. The summed E-state index contributed by atoms with van der Waals surface area (Å²) in [5, 5.41) is 35.3. The third-order valence-corrected chi connectivity index (χ3v) is 2.87. The number of hydrogen-bond donors (Lipinski definition) is 2. The van der Waals surface area contributed by atoms with Crippen molar-refractivity contribution in [2.24, 2.45) is 5.16 Å². The highest BCUT2D eigenvalue weighted by Gasteiger charge is 2.14. The zero-order chi connectivity index (χ0) is 16.1. The predicted octanol–water partition coefficient (Wildman–Crippen LogP) is 1.74. The molecule has 0 amide bonds. The van der Waals surface area contributed by atoms with Crippen LogP contribution in [0.2, 0.25) is 0 Å². The van der Waals surface area contributed by atoms with E-state index < -0.39 is 10.9 Å². The van der Waals surface area contributed by atoms with Crippen LogP contribution in [-0.2, 0) is 11.3 Å². The number of nitrogens with zero attached hydrogens (tertiary/aromatic N) is 4. The monoisotopic (exact) mass is 304 g/mol. The van der Waals surface area contributed by atoms with Gasteiger partial charge in [0.05, 0.1) is 24.1 Å². The lowest BCUT2D eigenvalue weighted by Crippen LogP contribution is -2.04. The topological polar surface area (TPSA) is 131 Å². The van der Waals surface area contributed by atoms with Crippen LogP contribution in [0.1, 0.15) is 12.0 Å². The number of nitro benzene ring substituents is 1. The molecule has 0 radical (unpaired) electrons. The molecule has 2 N–H and O–H groups in total. The number of oxime groups is 1. The van der Waals surface area contributed by atoms with E-state index in [9.17, 15) is 14.9 Å². The van der Waals surface area contributed by atoms with Crippen molar-refractivity contribution in [1.82, 2.24) is 9.78 Å². The van der Waals surface area contributed by atoms with Crippen LogP contribution >= 0.6 is 0 Å². The number of aliphatic carboxylic acids is 1. The number of hydrogen-bond acceptors (Lipinski definition) is 6. The molecule has 0 atom stereocenters. The highest BCUT2D eigenvalue weighted by molar-refractivity contribution is 5.88. The minimum atomic E-state index is -0.968. The summed E-state index contributed by atoms with van der Waals surface area (Å²) in [6.45, 7) is 0.135. The van der Waals surface area contributed by atoms with Crippen LogP contribution in [0, 0.1) is 10.1 Å². The van der Waals surface area contributed by atoms with E-state index in [1.807, 2.05) is 0 Å². The molecule has 9 heteroatoms. The summed E-state index contributed by atoms with van der Waals surface area (Å²) in [5.74, 6) is -0.968. The van der Waals surface area contributed by atoms with E-state index in [4.69, 9.17) is 10.3 Å². The zero-order valence-electron chi connectivity index (χ0n) is 11.3. The molecule has 1 heterocycles. The first kappa shape index (κ1) is 15.2. The molecule has 1 aromatic heterocycles. The summed E-state index contributed by atoms with van der Waals surface area (Å²) >= 11 is 0. The highest BCUT2D eigenvalue weighted by Crippen LogP contribution is 2.25. The molecular formula is C13H12N4O5. The summed E-state index contributed by atoms with van der Waals surface area (Å²) in [7, 11) is 0. The average Bonchev–Trinajstić information content (AvgIpc) is 2.89. The van der Waals surface area contributed by atoms with E-state index in [0.717, 1.165) is 6.21 Å². The molecule has 1 aromatic carbocycles. The van der Waals surface area contributed by atoms with E-state index in [2.05, 4.69) is 10.3 Å². The lowest BCUT2D eigenvalue weighted by Gasteiger charge is -1.99. The van der Waals surface area contributed by atoms with Gasteiger partial charge in [-0.05, 0) is 0 Å². The Morgan fingerprint density at radius 3 is 2.91 bits per heavy atom. The van der Waals surface area contributed by atoms with Crippen LogP contribution in [-0.4, -0.2) is 37.2 Å². The van der Waals surface area contributed by atoms with Gasteiger partial charge in [-0.15, -0.1) is 0 Å². The molecular weight excluding hydrogens is 292 g/mol. The number of benzene rings is 1. The third-order valence-electron chi connectivity index (χ3n) is 2.87. The number of rotatable bonds is 6. The Kier molecular flexibility index (Phi) is 4.47. The SMILES string of the molecule is O=C(O)CCn1cc(/C=N/O)c(-c2cccc([N+](=O)[O-])c2)n1. The average molecular weight is 304 g/mol. The van der Waals surface area contributed by atoms with Crippen molar-refractivity contribution in [2.75, 3.05) is 0 Å². The molecule has 9 nitrogen and oxygen atoms in total. The first-order valence-corrected chi connectivity index (χ1v) is 6.22. The molecule has 0 saturated heterocycles. The van der Waals surface area contributed by atoms with Gasteiger partial charge in [0.25, 0.3) is 5.69 Å². The van der Waals surface area contributed by atoms with E-state index >= 15 is 0 Å². The molecule has 0 saturated carbocycles. The number of carboxylic acids is 1. The molecule has 22 heavy (non-hydrogen) atoms. The Bertz CT molecular complexity index is 738. The maximum atomic E-state index is 10.8. The lowest BCUT2D eigenvalue weighted by molar-refractivity contribution is -0.384. The smallest absolute Gasteiger partial charge is 0.305 e. The number of carboxylic acid groups (broad SMARTS) is 1. The van der Waals surface area contributed by atoms with Gasteiger partial charge in [0, 0.05) is 29.5 Å². The van der Waals surface area contributed by atoms with Crippen molar-refractivity contribution in [3.05, 3.63) is 46.1 Å². The third kappa shape index (κ3) is 3.45. The molecule has 114 valence electrons. The van der Waals surface area contributed by atoms with Crippen molar-refractivity contribution in [3.63, 3.8) is 0 Å². The second-order valence-electron chi connectivity index (χ2n) is 4.39. The summed E-state index contributed by atoms with van der Waals surface area (Å²) in [6.07, 6.45) is 2.53. The normalized spacial score (nSPS) is 10.9. The van der Waals surface area contributed by atoms with Crippen LogP contribution < -0.4 is 0 Å². The minimum Gasteiger partial charge on any atom is -0.481 e. The molecule has 2 aromatic rings. The Morgan fingerprint density at radius 2 is 2.27 bits per heavy atom. The van der Waals surface area contributed by atoms with E-state index in [1.165, 1.54) is 29.1 Å². The first-order chi connectivity index (χ1) is 10.5. The Balaban J connectivity index is 2.42. The second-order valence-corrected chi connectivity index (χ2v) is 4.39. The van der Waals surface area contributed by atoms with Gasteiger partial charge in [0.1, 0.15) is 5.69 Å².